The van der Waals surface area contributed by atoms with Crippen LogP contribution in [0.3, 0.4) is 0 Å². The van der Waals surface area contributed by atoms with Gasteiger partial charge in [0.15, 0.2) is 0 Å². The van der Waals surface area contributed by atoms with Gasteiger partial charge in [-0.2, -0.15) is 0 Å². The van der Waals surface area contributed by atoms with Crippen LogP contribution in [-0.2, 0) is 55.7 Å². The third-order valence-corrected chi connectivity index (χ3v) is 2.02. The van der Waals surface area contributed by atoms with E-state index in [0.29, 0.717) is 25.7 Å². The average Bonchev–Trinajstić information content (AvgIpc) is 2.30. The van der Waals surface area contributed by atoms with Gasteiger partial charge in [-0.25, -0.2) is 0 Å². The summed E-state index contributed by atoms with van der Waals surface area (Å²) in [5.41, 5.74) is 0. The molecule has 8 nitrogen and oxygen atoms in total. The molecule has 0 unspecified atom stereocenters. The van der Waals surface area contributed by atoms with Crippen LogP contribution in [0.15, 0.2) is 0 Å². The van der Waals surface area contributed by atoms with Crippen LogP contribution in [0.25, 0.3) is 0 Å². The summed E-state index contributed by atoms with van der Waals surface area (Å²) in [5, 5.41) is 39.1. The van der Waals surface area contributed by atoms with Crippen molar-refractivity contribution in [2.24, 2.45) is 0 Å². The van der Waals surface area contributed by atoms with Gasteiger partial charge in [0.2, 0.25) is 0 Å². The first kappa shape index (κ1) is 29.1. The van der Waals surface area contributed by atoms with Crippen LogP contribution in [-0.4, -0.2) is 23.9 Å². The van der Waals surface area contributed by atoms with Gasteiger partial charge in [-0.15, -0.1) is 0 Å². The van der Waals surface area contributed by atoms with Crippen molar-refractivity contribution < 1.29 is 76.2 Å². The fourth-order valence-electron chi connectivity index (χ4n) is 1.08. The van der Waals surface area contributed by atoms with Crippen LogP contribution < -0.4 is 20.4 Å². The molecule has 0 saturated carbocycles. The Morgan fingerprint density at radius 3 is 0.727 bits per heavy atom. The number of carboxylic acid groups (broad SMARTS) is 4. The molecule has 0 rings (SSSR count). The minimum absolute atomic E-state index is 0. The van der Waals surface area contributed by atoms with E-state index in [1.165, 1.54) is 0 Å². The van der Waals surface area contributed by atoms with Crippen molar-refractivity contribution in [1.29, 1.82) is 0 Å². The average molecular weight is 417 g/mol. The molecule has 0 saturated heterocycles. The summed E-state index contributed by atoms with van der Waals surface area (Å²) in [5.74, 6) is -4.56. The monoisotopic (exact) mass is 415 g/mol. The molecule has 22 heavy (non-hydrogen) atoms. The molecule has 0 atom stereocenters. The van der Waals surface area contributed by atoms with E-state index in [0.717, 1.165) is 0 Å². The van der Waals surface area contributed by atoms with Crippen molar-refractivity contribution >= 4 is 23.9 Å². The van der Waals surface area contributed by atoms with Crippen molar-refractivity contribution in [2.75, 3.05) is 0 Å². The van der Waals surface area contributed by atoms with Crippen molar-refractivity contribution in [1.82, 2.24) is 0 Å². The number of hydrogen-bond acceptors (Lipinski definition) is 8. The fraction of sp³-hybridized carbons (Fsp3) is 0.667. The van der Waals surface area contributed by atoms with Gasteiger partial charge in [0.1, 0.15) is 0 Å². The summed E-state index contributed by atoms with van der Waals surface area (Å²) in [4.78, 5) is 39.1. The van der Waals surface area contributed by atoms with E-state index in [4.69, 9.17) is 0 Å². The topological polar surface area (TPSA) is 161 Å². The summed E-state index contributed by atoms with van der Waals surface area (Å²) in [6, 6.07) is 0. The van der Waals surface area contributed by atoms with Crippen LogP contribution in [0.2, 0.25) is 0 Å². The zero-order valence-electron chi connectivity index (χ0n) is 11.9. The smallest absolute Gasteiger partial charge is 0.550 e. The maximum Gasteiger partial charge on any atom is 2.00 e. The van der Waals surface area contributed by atoms with Gasteiger partial charge in [-0.1, -0.05) is 0 Å². The molecule has 0 aliphatic heterocycles. The van der Waals surface area contributed by atoms with Crippen molar-refractivity contribution in [2.45, 2.75) is 51.4 Å². The minimum atomic E-state index is -1.14. The molecule has 0 bridgehead atoms. The second-order valence-electron chi connectivity index (χ2n) is 3.90. The quantitative estimate of drug-likeness (QED) is 0.257. The largest absolute Gasteiger partial charge is 2.00 e. The van der Waals surface area contributed by atoms with Crippen molar-refractivity contribution in [3.05, 3.63) is 0 Å². The third-order valence-electron chi connectivity index (χ3n) is 2.02. The van der Waals surface area contributed by atoms with E-state index >= 15 is 0 Å². The summed E-state index contributed by atoms with van der Waals surface area (Å²) >= 11 is 0. The Bertz CT molecular complexity index is 271. The Morgan fingerprint density at radius 2 is 0.636 bits per heavy atom. The summed E-state index contributed by atoms with van der Waals surface area (Å²) < 4.78 is 0. The summed E-state index contributed by atoms with van der Waals surface area (Å²) in [6.45, 7) is 0. The standard InChI is InChI=1S/2C6H10O4.Cu.Zn/c2*7-5(8)3-1-2-4-6(9)10;;/h2*1-4H2,(H,7,8)(H,9,10);;/q;;2*+2/p-4. The van der Waals surface area contributed by atoms with E-state index in [1.807, 2.05) is 0 Å². The Kier molecular flexibility index (Phi) is 26.5. The number of carboxylic acids is 4. The number of unbranched alkanes of at least 4 members (excludes halogenated alkanes) is 2. The van der Waals surface area contributed by atoms with Crippen LogP contribution in [0.1, 0.15) is 51.4 Å². The Labute approximate surface area is 151 Å². The van der Waals surface area contributed by atoms with Gasteiger partial charge in [-0.3, -0.25) is 0 Å². The maximum absolute atomic E-state index is 9.77. The summed E-state index contributed by atoms with van der Waals surface area (Å²) in [6.07, 6.45) is 1.07. The predicted octanol–water partition coefficient (Wildman–Crippen LogP) is -3.91. The molecule has 0 fully saturated rings. The normalized spacial score (nSPS) is 8.36. The Hall–Kier alpha value is -0.977. The molecule has 0 spiro atoms. The zero-order chi connectivity index (χ0) is 16.0. The van der Waals surface area contributed by atoms with Crippen LogP contribution in [0.5, 0.6) is 0 Å². The van der Waals surface area contributed by atoms with Gasteiger partial charge in [0, 0.05) is 23.9 Å². The molecule has 125 valence electrons. The number of carbonyl (C=O) groups is 4. The molecule has 1 radical (unpaired) electrons. The van der Waals surface area contributed by atoms with E-state index < -0.39 is 23.9 Å². The van der Waals surface area contributed by atoms with Crippen molar-refractivity contribution in [3.8, 4) is 0 Å². The first-order chi connectivity index (χ1) is 9.25. The molecule has 0 amide bonds. The minimum Gasteiger partial charge on any atom is -0.550 e. The molecule has 0 N–H and O–H groups in total. The molecule has 10 heteroatoms. The SMILES string of the molecule is O=C([O-])CCCCC(=O)[O-].O=C([O-])CCCCC(=O)[O-].[Cu+2].[Zn+2]. The molecular formula is C12H16CuO8Zn. The van der Waals surface area contributed by atoms with Gasteiger partial charge in [0.25, 0.3) is 0 Å². The van der Waals surface area contributed by atoms with Gasteiger partial charge < -0.3 is 39.6 Å². The van der Waals surface area contributed by atoms with Crippen LogP contribution in [0.4, 0.5) is 0 Å². The van der Waals surface area contributed by atoms with E-state index in [1.54, 1.807) is 0 Å². The second-order valence-corrected chi connectivity index (χ2v) is 3.90. The number of aliphatic carboxylic acids is 4. The first-order valence-corrected chi connectivity index (χ1v) is 6.05. The number of carbonyl (C=O) groups excluding carboxylic acids is 4. The van der Waals surface area contributed by atoms with Gasteiger partial charge in [0.05, 0.1) is 0 Å². The maximum atomic E-state index is 9.77. The molecular weight excluding hydrogens is 401 g/mol. The first-order valence-electron chi connectivity index (χ1n) is 6.05. The molecule has 0 heterocycles. The van der Waals surface area contributed by atoms with Crippen LogP contribution in [0, 0.1) is 0 Å². The molecule has 0 aromatic carbocycles. The van der Waals surface area contributed by atoms with Gasteiger partial charge in [-0.05, 0) is 51.4 Å². The molecule has 0 aliphatic rings. The predicted molar refractivity (Wildman–Crippen MR) is 57.0 cm³/mol. The Morgan fingerprint density at radius 1 is 0.500 bits per heavy atom. The van der Waals surface area contributed by atoms with E-state index in [-0.39, 0.29) is 62.2 Å². The molecule has 0 aliphatic carbocycles. The third kappa shape index (κ3) is 36.4. The van der Waals surface area contributed by atoms with Crippen LogP contribution >= 0.6 is 0 Å². The number of hydrogen-bond donors (Lipinski definition) is 0. The zero-order valence-corrected chi connectivity index (χ0v) is 15.8. The van der Waals surface area contributed by atoms with E-state index in [2.05, 4.69) is 0 Å². The molecule has 0 aromatic rings. The van der Waals surface area contributed by atoms with Gasteiger partial charge >= 0.3 is 36.5 Å². The number of rotatable bonds is 10. The Balaban J connectivity index is -0.000000135. The fourth-order valence-corrected chi connectivity index (χ4v) is 1.08. The second kappa shape index (κ2) is 20.0. The van der Waals surface area contributed by atoms with Crippen molar-refractivity contribution in [3.63, 3.8) is 0 Å². The molecule has 0 aromatic heterocycles. The summed E-state index contributed by atoms with van der Waals surface area (Å²) in [7, 11) is 0. The van der Waals surface area contributed by atoms with E-state index in [9.17, 15) is 39.6 Å².